The summed E-state index contributed by atoms with van der Waals surface area (Å²) in [4.78, 5) is 4.42. The Morgan fingerprint density at radius 2 is 1.85 bits per heavy atom. The molecule has 1 aliphatic rings. The lowest BCUT2D eigenvalue weighted by molar-refractivity contribution is 0.252. The van der Waals surface area contributed by atoms with E-state index in [0.717, 1.165) is 30.1 Å². The molecule has 1 saturated heterocycles. The van der Waals surface area contributed by atoms with Crippen LogP contribution in [0.5, 0.6) is 5.75 Å². The van der Waals surface area contributed by atoms with E-state index in [1.807, 2.05) is 26.2 Å². The second-order valence-corrected chi connectivity index (χ2v) is 7.42. The molecular formula is C22H31N3O2. The van der Waals surface area contributed by atoms with E-state index < -0.39 is 0 Å². The van der Waals surface area contributed by atoms with Crippen LogP contribution in [0, 0.1) is 5.92 Å². The van der Waals surface area contributed by atoms with Crippen LogP contribution in [0.4, 0.5) is 11.4 Å². The molecule has 0 radical (unpaired) electrons. The molecule has 0 aromatic heterocycles. The molecule has 0 amide bonds. The molecule has 2 aromatic rings. The van der Waals surface area contributed by atoms with E-state index in [4.69, 9.17) is 4.74 Å². The van der Waals surface area contributed by atoms with Crippen LogP contribution in [-0.4, -0.2) is 52.6 Å². The zero-order valence-electron chi connectivity index (χ0n) is 16.7. The first-order valence-corrected chi connectivity index (χ1v) is 9.54. The Morgan fingerprint density at radius 3 is 2.48 bits per heavy atom. The summed E-state index contributed by atoms with van der Waals surface area (Å²) in [6.07, 6.45) is 0.779. The number of rotatable bonds is 7. The highest BCUT2D eigenvalue weighted by atomic mass is 16.5. The number of aliphatic hydroxyl groups is 1. The summed E-state index contributed by atoms with van der Waals surface area (Å²) in [7, 11) is 7.94. The van der Waals surface area contributed by atoms with Crippen molar-refractivity contribution in [3.63, 3.8) is 0 Å². The molecule has 0 aliphatic carbocycles. The highest BCUT2D eigenvalue weighted by Crippen LogP contribution is 2.39. The van der Waals surface area contributed by atoms with E-state index >= 15 is 0 Å². The fraction of sp³-hybridized carbons (Fsp3) is 0.455. The van der Waals surface area contributed by atoms with E-state index in [1.54, 1.807) is 7.11 Å². The molecule has 0 spiro atoms. The Kier molecular flexibility index (Phi) is 6.24. The van der Waals surface area contributed by atoms with Crippen molar-refractivity contribution in [2.24, 2.45) is 5.92 Å². The van der Waals surface area contributed by atoms with Crippen molar-refractivity contribution in [2.45, 2.75) is 18.5 Å². The maximum atomic E-state index is 9.59. The fourth-order valence-electron chi connectivity index (χ4n) is 4.14. The number of anilines is 2. The van der Waals surface area contributed by atoms with E-state index in [0.29, 0.717) is 5.92 Å². The van der Waals surface area contributed by atoms with Crippen LogP contribution in [0.2, 0.25) is 0 Å². The second kappa shape index (κ2) is 8.63. The van der Waals surface area contributed by atoms with Gasteiger partial charge in [-0.1, -0.05) is 30.3 Å². The van der Waals surface area contributed by atoms with E-state index in [9.17, 15) is 5.11 Å². The smallest absolute Gasteiger partial charge is 0.142 e. The van der Waals surface area contributed by atoms with Gasteiger partial charge in [0.25, 0.3) is 0 Å². The maximum absolute atomic E-state index is 9.59. The number of methoxy groups -OCH3 is 1. The van der Waals surface area contributed by atoms with Crippen LogP contribution >= 0.6 is 0 Å². The van der Waals surface area contributed by atoms with Crippen LogP contribution < -0.4 is 19.9 Å². The fourth-order valence-corrected chi connectivity index (χ4v) is 4.14. The van der Waals surface area contributed by atoms with Crippen LogP contribution in [0.3, 0.4) is 0 Å². The molecule has 2 aromatic carbocycles. The molecule has 5 heteroatoms. The number of benzene rings is 2. The third kappa shape index (κ3) is 4.04. The molecule has 0 bridgehead atoms. The second-order valence-electron chi connectivity index (χ2n) is 7.42. The third-order valence-electron chi connectivity index (χ3n) is 5.59. The zero-order valence-corrected chi connectivity index (χ0v) is 16.7. The van der Waals surface area contributed by atoms with Gasteiger partial charge in [-0.2, -0.15) is 0 Å². The summed E-state index contributed by atoms with van der Waals surface area (Å²) in [5, 5.41) is 13.3. The van der Waals surface area contributed by atoms with Gasteiger partial charge in [0, 0.05) is 40.0 Å². The lowest BCUT2D eigenvalue weighted by Crippen LogP contribution is -2.40. The van der Waals surface area contributed by atoms with Gasteiger partial charge in [-0.25, -0.2) is 0 Å². The first-order valence-electron chi connectivity index (χ1n) is 9.54. The predicted octanol–water partition coefficient (Wildman–Crippen LogP) is 2.91. The summed E-state index contributed by atoms with van der Waals surface area (Å²) in [6.45, 7) is 1.10. The van der Waals surface area contributed by atoms with Gasteiger partial charge >= 0.3 is 0 Å². The molecule has 27 heavy (non-hydrogen) atoms. The van der Waals surface area contributed by atoms with Crippen LogP contribution in [0.15, 0.2) is 48.5 Å². The quantitative estimate of drug-likeness (QED) is 0.786. The summed E-state index contributed by atoms with van der Waals surface area (Å²) in [5.41, 5.74) is 3.48. The van der Waals surface area contributed by atoms with E-state index in [-0.39, 0.29) is 18.7 Å². The Bertz CT molecular complexity index is 736. The number of likely N-dealkylation sites (N-methyl/N-ethyl adjacent to an activating group) is 1. The van der Waals surface area contributed by atoms with Crippen LogP contribution in [0.25, 0.3) is 0 Å². The number of hydrogen-bond donors (Lipinski definition) is 2. The normalized spacial score (nSPS) is 21.9. The van der Waals surface area contributed by atoms with Crippen LogP contribution in [0.1, 0.15) is 18.0 Å². The zero-order chi connectivity index (χ0) is 19.4. The number of aliphatic hydroxyl groups excluding tert-OH is 1. The molecule has 1 fully saturated rings. The SMILES string of the molecule is COc1ccc(N(C)C)cc1N(C)C1C(CCO)CNC1c1ccccc1. The summed E-state index contributed by atoms with van der Waals surface area (Å²) in [6, 6.07) is 17.3. The van der Waals surface area contributed by atoms with Gasteiger partial charge < -0.3 is 25.0 Å². The molecule has 146 valence electrons. The first kappa shape index (κ1) is 19.5. The Labute approximate surface area is 162 Å². The number of ether oxygens (including phenoxy) is 1. The lowest BCUT2D eigenvalue weighted by Gasteiger charge is -2.36. The van der Waals surface area contributed by atoms with Crippen LogP contribution in [-0.2, 0) is 0 Å². The average Bonchev–Trinajstić information content (AvgIpc) is 3.11. The molecule has 3 unspecified atom stereocenters. The van der Waals surface area contributed by atoms with Crippen molar-refractivity contribution in [1.82, 2.24) is 5.32 Å². The molecule has 5 nitrogen and oxygen atoms in total. The minimum atomic E-state index is 0.201. The van der Waals surface area contributed by atoms with Crippen molar-refractivity contribution in [3.8, 4) is 5.75 Å². The summed E-state index contributed by atoms with van der Waals surface area (Å²) in [5.74, 6) is 1.22. The van der Waals surface area contributed by atoms with Gasteiger partial charge in [0.2, 0.25) is 0 Å². The van der Waals surface area contributed by atoms with Gasteiger partial charge in [-0.15, -0.1) is 0 Å². The minimum absolute atomic E-state index is 0.201. The molecule has 3 atom stereocenters. The Balaban J connectivity index is 2.00. The minimum Gasteiger partial charge on any atom is -0.495 e. The number of hydrogen-bond acceptors (Lipinski definition) is 5. The van der Waals surface area contributed by atoms with Gasteiger partial charge in [-0.3, -0.25) is 0 Å². The van der Waals surface area contributed by atoms with Crippen molar-refractivity contribution < 1.29 is 9.84 Å². The van der Waals surface area contributed by atoms with Gasteiger partial charge in [0.1, 0.15) is 5.75 Å². The molecule has 1 heterocycles. The maximum Gasteiger partial charge on any atom is 0.142 e. The van der Waals surface area contributed by atoms with Crippen molar-refractivity contribution >= 4 is 11.4 Å². The summed E-state index contributed by atoms with van der Waals surface area (Å²) >= 11 is 0. The monoisotopic (exact) mass is 369 g/mol. The average molecular weight is 370 g/mol. The lowest BCUT2D eigenvalue weighted by atomic mass is 9.90. The standard InChI is InChI=1S/C22H31N3O2/c1-24(2)18-10-11-20(27-4)19(14-18)25(3)22-17(12-13-26)15-23-21(22)16-8-6-5-7-9-16/h5-11,14,17,21-23,26H,12-13,15H2,1-4H3. The van der Waals surface area contributed by atoms with E-state index in [1.165, 1.54) is 5.56 Å². The molecule has 2 N–H and O–H groups in total. The highest BCUT2D eigenvalue weighted by molar-refractivity contribution is 5.67. The van der Waals surface area contributed by atoms with Gasteiger partial charge in [0.05, 0.1) is 24.9 Å². The highest BCUT2D eigenvalue weighted by Gasteiger charge is 2.39. The molecule has 0 saturated carbocycles. The first-order chi connectivity index (χ1) is 13.1. The predicted molar refractivity (Wildman–Crippen MR) is 112 cm³/mol. The summed E-state index contributed by atoms with van der Waals surface area (Å²) < 4.78 is 5.67. The Hall–Kier alpha value is -2.24. The largest absolute Gasteiger partial charge is 0.495 e. The van der Waals surface area contributed by atoms with E-state index in [2.05, 4.69) is 58.6 Å². The van der Waals surface area contributed by atoms with Gasteiger partial charge in [0.15, 0.2) is 0 Å². The number of nitrogens with one attached hydrogen (secondary N) is 1. The number of nitrogens with zero attached hydrogens (tertiary/aromatic N) is 2. The van der Waals surface area contributed by atoms with Crippen molar-refractivity contribution in [2.75, 3.05) is 51.2 Å². The van der Waals surface area contributed by atoms with Gasteiger partial charge in [-0.05, 0) is 36.1 Å². The van der Waals surface area contributed by atoms with Crippen molar-refractivity contribution in [3.05, 3.63) is 54.1 Å². The Morgan fingerprint density at radius 1 is 1.11 bits per heavy atom. The topological polar surface area (TPSA) is 48.0 Å². The molecular weight excluding hydrogens is 338 g/mol. The van der Waals surface area contributed by atoms with Crippen molar-refractivity contribution in [1.29, 1.82) is 0 Å². The molecule has 1 aliphatic heterocycles. The third-order valence-corrected chi connectivity index (χ3v) is 5.59. The molecule has 3 rings (SSSR count).